The number of nitrogens with zero attached hydrogens (tertiary/aromatic N) is 3. The van der Waals surface area contributed by atoms with Crippen molar-refractivity contribution in [2.75, 3.05) is 44.2 Å². The highest BCUT2D eigenvalue weighted by Gasteiger charge is 2.33. The molecule has 1 aromatic carbocycles. The van der Waals surface area contributed by atoms with Crippen LogP contribution in [0.25, 0.3) is 0 Å². The Morgan fingerprint density at radius 2 is 1.90 bits per heavy atom. The molecule has 0 bridgehead atoms. The highest BCUT2D eigenvalue weighted by atomic mass is 19.1. The summed E-state index contributed by atoms with van der Waals surface area (Å²) in [6, 6.07) is 5.24. The zero-order valence-corrected chi connectivity index (χ0v) is 16.7. The SMILES string of the molecule is NC(=O)ON1CCN(C2CCN(c3ccc(C4CCC(=O)NC4=O)cc3F)C2)CC1. The second-order valence-electron chi connectivity index (χ2n) is 7.98. The monoisotopic (exact) mass is 419 g/mol. The highest BCUT2D eigenvalue weighted by Crippen LogP contribution is 2.31. The summed E-state index contributed by atoms with van der Waals surface area (Å²) in [5.41, 5.74) is 6.18. The maximum Gasteiger partial charge on any atom is 0.423 e. The Morgan fingerprint density at radius 1 is 1.13 bits per heavy atom. The number of piperazine rings is 1. The molecule has 0 aromatic heterocycles. The van der Waals surface area contributed by atoms with Gasteiger partial charge in [-0.05, 0) is 30.5 Å². The van der Waals surface area contributed by atoms with Crippen LogP contribution in [0, 0.1) is 5.82 Å². The van der Waals surface area contributed by atoms with Gasteiger partial charge >= 0.3 is 6.09 Å². The number of rotatable bonds is 4. The number of carbonyl (C=O) groups is 3. The van der Waals surface area contributed by atoms with E-state index in [1.807, 2.05) is 4.90 Å². The molecule has 3 fully saturated rings. The van der Waals surface area contributed by atoms with Crippen LogP contribution in [-0.4, -0.2) is 73.2 Å². The number of imide groups is 1. The van der Waals surface area contributed by atoms with Gasteiger partial charge in [-0.1, -0.05) is 6.07 Å². The van der Waals surface area contributed by atoms with Crippen molar-refractivity contribution >= 4 is 23.6 Å². The van der Waals surface area contributed by atoms with E-state index in [-0.39, 0.29) is 24.1 Å². The predicted octanol–water partition coefficient (Wildman–Crippen LogP) is 0.553. The zero-order valence-electron chi connectivity index (χ0n) is 16.7. The third-order valence-corrected chi connectivity index (χ3v) is 6.13. The van der Waals surface area contributed by atoms with Crippen LogP contribution in [0.15, 0.2) is 18.2 Å². The number of nitrogens with two attached hydrogens (primary N) is 1. The first-order valence-corrected chi connectivity index (χ1v) is 10.2. The maximum absolute atomic E-state index is 14.9. The molecule has 2 atom stereocenters. The summed E-state index contributed by atoms with van der Waals surface area (Å²) in [6.07, 6.45) is 0.795. The van der Waals surface area contributed by atoms with Crippen LogP contribution in [0.4, 0.5) is 14.9 Å². The second kappa shape index (κ2) is 8.57. The molecule has 3 aliphatic heterocycles. The van der Waals surface area contributed by atoms with Gasteiger partial charge in [-0.2, -0.15) is 0 Å². The molecule has 162 valence electrons. The molecule has 0 spiro atoms. The van der Waals surface area contributed by atoms with E-state index >= 15 is 0 Å². The van der Waals surface area contributed by atoms with Crippen molar-refractivity contribution in [2.24, 2.45) is 5.73 Å². The van der Waals surface area contributed by atoms with Crippen LogP contribution in [-0.2, 0) is 14.4 Å². The molecular formula is C20H26FN5O4. The van der Waals surface area contributed by atoms with E-state index < -0.39 is 12.0 Å². The molecule has 10 heteroatoms. The number of hydrogen-bond donors (Lipinski definition) is 2. The van der Waals surface area contributed by atoms with Gasteiger partial charge in [0.05, 0.1) is 11.6 Å². The molecule has 0 radical (unpaired) electrons. The Bertz CT molecular complexity index is 842. The van der Waals surface area contributed by atoms with Crippen molar-refractivity contribution in [1.29, 1.82) is 0 Å². The third-order valence-electron chi connectivity index (χ3n) is 6.13. The molecule has 3 heterocycles. The summed E-state index contributed by atoms with van der Waals surface area (Å²) in [4.78, 5) is 43.5. The quantitative estimate of drug-likeness (QED) is 0.686. The molecule has 3 amide bonds. The van der Waals surface area contributed by atoms with Gasteiger partial charge in [0.1, 0.15) is 5.82 Å². The molecule has 0 saturated carbocycles. The molecule has 9 nitrogen and oxygen atoms in total. The van der Waals surface area contributed by atoms with Crippen molar-refractivity contribution in [3.05, 3.63) is 29.6 Å². The minimum absolute atomic E-state index is 0.269. The topological polar surface area (TPSA) is 108 Å². The van der Waals surface area contributed by atoms with Gasteiger partial charge in [-0.3, -0.25) is 19.8 Å². The fourth-order valence-corrected chi connectivity index (χ4v) is 4.55. The third kappa shape index (κ3) is 4.39. The maximum atomic E-state index is 14.9. The smallest absolute Gasteiger partial charge is 0.368 e. The van der Waals surface area contributed by atoms with Crippen LogP contribution in [0.3, 0.4) is 0 Å². The Hall–Kier alpha value is -2.72. The number of piperidine rings is 1. The summed E-state index contributed by atoms with van der Waals surface area (Å²) >= 11 is 0. The number of hydrogen-bond acceptors (Lipinski definition) is 7. The number of amides is 3. The lowest BCUT2D eigenvalue weighted by Gasteiger charge is -2.36. The van der Waals surface area contributed by atoms with E-state index in [1.165, 1.54) is 6.07 Å². The summed E-state index contributed by atoms with van der Waals surface area (Å²) in [5.74, 6) is -1.48. The Balaban J connectivity index is 1.36. The predicted molar refractivity (Wildman–Crippen MR) is 106 cm³/mol. The van der Waals surface area contributed by atoms with Gasteiger partial charge < -0.3 is 15.5 Å². The fraction of sp³-hybridized carbons (Fsp3) is 0.550. The fourth-order valence-electron chi connectivity index (χ4n) is 4.55. The number of halogens is 1. The Morgan fingerprint density at radius 3 is 2.57 bits per heavy atom. The molecule has 2 unspecified atom stereocenters. The van der Waals surface area contributed by atoms with Crippen LogP contribution in [0.1, 0.15) is 30.7 Å². The standard InChI is InChI=1S/C20H26FN5O4/c21-16-11-13(15-2-4-18(27)23-19(15)28)1-3-17(16)25-6-5-14(12-25)24-7-9-26(10-8-24)30-20(22)29/h1,3,11,14-15H,2,4-10,12H2,(H2,22,29)(H,23,27,28). The van der Waals surface area contributed by atoms with E-state index in [2.05, 4.69) is 10.2 Å². The Kier molecular flexibility index (Phi) is 5.87. The minimum Gasteiger partial charge on any atom is -0.368 e. The number of primary amides is 1. The molecule has 1 aromatic rings. The first-order valence-electron chi connectivity index (χ1n) is 10.2. The van der Waals surface area contributed by atoms with Crippen molar-refractivity contribution in [1.82, 2.24) is 15.3 Å². The lowest BCUT2D eigenvalue weighted by molar-refractivity contribution is -0.134. The van der Waals surface area contributed by atoms with Crippen LogP contribution in [0.5, 0.6) is 0 Å². The van der Waals surface area contributed by atoms with Gasteiger partial charge in [0.25, 0.3) is 0 Å². The van der Waals surface area contributed by atoms with Gasteiger partial charge in [-0.25, -0.2) is 9.18 Å². The molecule has 3 N–H and O–H groups in total. The average Bonchev–Trinajstić information content (AvgIpc) is 3.18. The summed E-state index contributed by atoms with van der Waals surface area (Å²) in [6.45, 7) is 4.15. The van der Waals surface area contributed by atoms with E-state index in [4.69, 9.17) is 10.6 Å². The highest BCUT2D eigenvalue weighted by molar-refractivity contribution is 6.00. The van der Waals surface area contributed by atoms with E-state index in [1.54, 1.807) is 17.2 Å². The van der Waals surface area contributed by atoms with Crippen molar-refractivity contribution in [3.63, 3.8) is 0 Å². The first kappa shape index (κ1) is 20.5. The normalized spacial score (nSPS) is 26.0. The van der Waals surface area contributed by atoms with Crippen molar-refractivity contribution in [2.45, 2.75) is 31.2 Å². The molecule has 30 heavy (non-hydrogen) atoms. The lowest BCUT2D eigenvalue weighted by atomic mass is 9.90. The summed E-state index contributed by atoms with van der Waals surface area (Å²) in [5, 5.41) is 3.89. The van der Waals surface area contributed by atoms with Gasteiger partial charge in [0.2, 0.25) is 11.8 Å². The molecule has 3 saturated heterocycles. The summed E-state index contributed by atoms with van der Waals surface area (Å²) < 4.78 is 14.9. The number of anilines is 1. The molecular weight excluding hydrogens is 393 g/mol. The Labute approximate surface area is 173 Å². The molecule has 4 rings (SSSR count). The number of carbonyl (C=O) groups excluding carboxylic acids is 3. The minimum atomic E-state index is -0.799. The summed E-state index contributed by atoms with van der Waals surface area (Å²) in [7, 11) is 0. The van der Waals surface area contributed by atoms with Crippen LogP contribution >= 0.6 is 0 Å². The first-order chi connectivity index (χ1) is 14.4. The van der Waals surface area contributed by atoms with Crippen LogP contribution in [0.2, 0.25) is 0 Å². The van der Waals surface area contributed by atoms with Gasteiger partial charge in [0.15, 0.2) is 0 Å². The van der Waals surface area contributed by atoms with E-state index in [0.717, 1.165) is 26.1 Å². The van der Waals surface area contributed by atoms with Gasteiger partial charge in [-0.15, -0.1) is 5.06 Å². The van der Waals surface area contributed by atoms with E-state index in [0.29, 0.717) is 43.3 Å². The average molecular weight is 419 g/mol. The lowest BCUT2D eigenvalue weighted by Crippen LogP contribution is -2.51. The van der Waals surface area contributed by atoms with Gasteiger partial charge in [0, 0.05) is 51.7 Å². The molecule has 3 aliphatic rings. The van der Waals surface area contributed by atoms with E-state index in [9.17, 15) is 18.8 Å². The molecule has 0 aliphatic carbocycles. The van der Waals surface area contributed by atoms with Crippen LogP contribution < -0.4 is 16.0 Å². The van der Waals surface area contributed by atoms with Crippen molar-refractivity contribution < 1.29 is 23.6 Å². The zero-order chi connectivity index (χ0) is 21.3. The van der Waals surface area contributed by atoms with Crippen molar-refractivity contribution in [3.8, 4) is 0 Å². The number of benzene rings is 1. The largest absolute Gasteiger partial charge is 0.423 e. The number of nitrogens with one attached hydrogen (secondary N) is 1. The second-order valence-corrected chi connectivity index (χ2v) is 7.98. The number of hydroxylamine groups is 2.